The van der Waals surface area contributed by atoms with E-state index in [4.69, 9.17) is 10.2 Å². The molecule has 0 aromatic heterocycles. The molecule has 3 nitrogen and oxygen atoms in total. The highest BCUT2D eigenvalue weighted by Crippen LogP contribution is 2.27. The highest BCUT2D eigenvalue weighted by molar-refractivity contribution is 5.76. The lowest BCUT2D eigenvalue weighted by atomic mass is 9.84. The van der Waals surface area contributed by atoms with Crippen LogP contribution in [-0.4, -0.2) is 22.8 Å². The fourth-order valence-electron chi connectivity index (χ4n) is 1.84. The third-order valence-electron chi connectivity index (χ3n) is 2.99. The van der Waals surface area contributed by atoms with Crippen LogP contribution in [0.25, 0.3) is 0 Å². The second-order valence-electron chi connectivity index (χ2n) is 5.39. The maximum atomic E-state index is 11.0. The SMILES string of the molecule is Cc1cc(C(C)(C)C)ccc1C(CO)C(=O)O. The number of rotatable bonds is 3. The van der Waals surface area contributed by atoms with E-state index in [1.165, 1.54) is 5.56 Å². The summed E-state index contributed by atoms with van der Waals surface area (Å²) in [6.45, 7) is 7.85. The van der Waals surface area contributed by atoms with Crippen LogP contribution in [0.5, 0.6) is 0 Å². The Kier molecular flexibility index (Phi) is 3.94. The zero-order valence-corrected chi connectivity index (χ0v) is 10.8. The summed E-state index contributed by atoms with van der Waals surface area (Å²) in [5.74, 6) is -1.82. The van der Waals surface area contributed by atoms with Gasteiger partial charge in [0, 0.05) is 0 Å². The Morgan fingerprint density at radius 1 is 1.35 bits per heavy atom. The molecule has 0 saturated carbocycles. The van der Waals surface area contributed by atoms with Gasteiger partial charge >= 0.3 is 5.97 Å². The molecule has 2 N–H and O–H groups in total. The summed E-state index contributed by atoms with van der Waals surface area (Å²) in [5.41, 5.74) is 2.81. The molecule has 1 atom stereocenters. The molecule has 1 aromatic carbocycles. The van der Waals surface area contributed by atoms with Gasteiger partial charge in [0.2, 0.25) is 0 Å². The Labute approximate surface area is 102 Å². The first-order chi connectivity index (χ1) is 7.77. The van der Waals surface area contributed by atoms with Crippen molar-refractivity contribution in [2.45, 2.75) is 39.0 Å². The molecule has 0 saturated heterocycles. The Bertz CT molecular complexity index is 416. The molecule has 3 heteroatoms. The first kappa shape index (κ1) is 13.7. The van der Waals surface area contributed by atoms with Crippen LogP contribution in [0.4, 0.5) is 0 Å². The highest BCUT2D eigenvalue weighted by atomic mass is 16.4. The molecule has 0 amide bonds. The van der Waals surface area contributed by atoms with Gasteiger partial charge in [0.1, 0.15) is 5.92 Å². The molecule has 0 radical (unpaired) electrons. The van der Waals surface area contributed by atoms with Gasteiger partial charge in [0.15, 0.2) is 0 Å². The van der Waals surface area contributed by atoms with Crippen LogP contribution in [0.15, 0.2) is 18.2 Å². The molecule has 0 aliphatic heterocycles. The maximum absolute atomic E-state index is 11.0. The molecule has 0 heterocycles. The lowest BCUT2D eigenvalue weighted by Crippen LogP contribution is -2.18. The number of aliphatic carboxylic acids is 1. The van der Waals surface area contributed by atoms with Crippen LogP contribution >= 0.6 is 0 Å². The Morgan fingerprint density at radius 3 is 2.29 bits per heavy atom. The molecule has 1 aromatic rings. The molecule has 17 heavy (non-hydrogen) atoms. The van der Waals surface area contributed by atoms with Gasteiger partial charge in [-0.1, -0.05) is 39.0 Å². The Hall–Kier alpha value is -1.35. The van der Waals surface area contributed by atoms with Crippen molar-refractivity contribution in [2.24, 2.45) is 0 Å². The zero-order valence-electron chi connectivity index (χ0n) is 10.8. The van der Waals surface area contributed by atoms with Crippen molar-refractivity contribution in [3.8, 4) is 0 Å². The van der Waals surface area contributed by atoms with Crippen molar-refractivity contribution in [1.29, 1.82) is 0 Å². The number of aliphatic hydroxyl groups is 1. The van der Waals surface area contributed by atoms with Crippen molar-refractivity contribution in [3.63, 3.8) is 0 Å². The van der Waals surface area contributed by atoms with E-state index in [0.29, 0.717) is 5.56 Å². The van der Waals surface area contributed by atoms with Crippen molar-refractivity contribution in [2.75, 3.05) is 6.61 Å². The predicted molar refractivity (Wildman–Crippen MR) is 67.3 cm³/mol. The predicted octanol–water partition coefficient (Wildman–Crippen LogP) is 2.45. The van der Waals surface area contributed by atoms with Gasteiger partial charge in [-0.15, -0.1) is 0 Å². The molecule has 0 fully saturated rings. The summed E-state index contributed by atoms with van der Waals surface area (Å²) < 4.78 is 0. The first-order valence-corrected chi connectivity index (χ1v) is 5.72. The van der Waals surface area contributed by atoms with Gasteiger partial charge in [0.25, 0.3) is 0 Å². The van der Waals surface area contributed by atoms with Crippen LogP contribution in [0.1, 0.15) is 43.4 Å². The summed E-state index contributed by atoms with van der Waals surface area (Å²) in [6.07, 6.45) is 0. The van der Waals surface area contributed by atoms with E-state index in [0.717, 1.165) is 5.56 Å². The summed E-state index contributed by atoms with van der Waals surface area (Å²) >= 11 is 0. The number of benzene rings is 1. The second kappa shape index (κ2) is 4.88. The number of aryl methyl sites for hydroxylation is 1. The standard InChI is InChI=1S/C14H20O3/c1-9-7-10(14(2,3)4)5-6-11(9)12(8-15)13(16)17/h5-7,12,15H,8H2,1-4H3,(H,16,17). The van der Waals surface area contributed by atoms with Crippen LogP contribution in [0.2, 0.25) is 0 Å². The molecule has 0 spiro atoms. The molecule has 1 rings (SSSR count). The smallest absolute Gasteiger partial charge is 0.313 e. The minimum Gasteiger partial charge on any atom is -0.481 e. The first-order valence-electron chi connectivity index (χ1n) is 5.72. The quantitative estimate of drug-likeness (QED) is 0.847. The van der Waals surface area contributed by atoms with Gasteiger partial charge in [-0.05, 0) is 29.0 Å². The van der Waals surface area contributed by atoms with Gasteiger partial charge in [-0.2, -0.15) is 0 Å². The van der Waals surface area contributed by atoms with Crippen molar-refractivity contribution in [3.05, 3.63) is 34.9 Å². The fraction of sp³-hybridized carbons (Fsp3) is 0.500. The number of carboxylic acid groups (broad SMARTS) is 1. The number of hydrogen-bond donors (Lipinski definition) is 2. The van der Waals surface area contributed by atoms with E-state index >= 15 is 0 Å². The lowest BCUT2D eigenvalue weighted by molar-refractivity contribution is -0.139. The molecule has 1 unspecified atom stereocenters. The third kappa shape index (κ3) is 3.07. The monoisotopic (exact) mass is 236 g/mol. The van der Waals surface area contributed by atoms with Crippen LogP contribution in [-0.2, 0) is 10.2 Å². The van der Waals surface area contributed by atoms with Crippen LogP contribution < -0.4 is 0 Å². The zero-order chi connectivity index (χ0) is 13.2. The van der Waals surface area contributed by atoms with E-state index in [9.17, 15) is 4.79 Å². The lowest BCUT2D eigenvalue weighted by Gasteiger charge is -2.21. The Balaban J connectivity index is 3.18. The van der Waals surface area contributed by atoms with E-state index in [-0.39, 0.29) is 12.0 Å². The summed E-state index contributed by atoms with van der Waals surface area (Å²) in [4.78, 5) is 11.0. The summed E-state index contributed by atoms with van der Waals surface area (Å²) in [7, 11) is 0. The molecule has 0 aliphatic rings. The number of carboxylic acids is 1. The Morgan fingerprint density at radius 2 is 1.94 bits per heavy atom. The van der Waals surface area contributed by atoms with E-state index in [1.54, 1.807) is 0 Å². The van der Waals surface area contributed by atoms with E-state index in [2.05, 4.69) is 20.8 Å². The summed E-state index contributed by atoms with van der Waals surface area (Å²) in [6, 6.07) is 5.75. The minimum absolute atomic E-state index is 0.0429. The average molecular weight is 236 g/mol. The van der Waals surface area contributed by atoms with Crippen LogP contribution in [0.3, 0.4) is 0 Å². The third-order valence-corrected chi connectivity index (χ3v) is 2.99. The highest BCUT2D eigenvalue weighted by Gasteiger charge is 2.22. The van der Waals surface area contributed by atoms with Gasteiger partial charge in [0.05, 0.1) is 6.61 Å². The normalized spacial score (nSPS) is 13.5. The maximum Gasteiger partial charge on any atom is 0.313 e. The van der Waals surface area contributed by atoms with E-state index < -0.39 is 11.9 Å². The number of hydrogen-bond acceptors (Lipinski definition) is 2. The number of aliphatic hydroxyl groups excluding tert-OH is 1. The molecular weight excluding hydrogens is 216 g/mol. The molecule has 0 aliphatic carbocycles. The molecule has 0 bridgehead atoms. The van der Waals surface area contributed by atoms with Gasteiger partial charge in [-0.3, -0.25) is 4.79 Å². The molecular formula is C14H20O3. The largest absolute Gasteiger partial charge is 0.481 e. The molecule has 94 valence electrons. The van der Waals surface area contributed by atoms with Crippen molar-refractivity contribution < 1.29 is 15.0 Å². The van der Waals surface area contributed by atoms with E-state index in [1.807, 2.05) is 25.1 Å². The minimum atomic E-state index is -0.987. The average Bonchev–Trinajstić information content (AvgIpc) is 2.19. The summed E-state index contributed by atoms with van der Waals surface area (Å²) in [5, 5.41) is 18.1. The van der Waals surface area contributed by atoms with Crippen molar-refractivity contribution in [1.82, 2.24) is 0 Å². The second-order valence-corrected chi connectivity index (χ2v) is 5.39. The van der Waals surface area contributed by atoms with Crippen molar-refractivity contribution >= 4 is 5.97 Å². The van der Waals surface area contributed by atoms with Gasteiger partial charge < -0.3 is 10.2 Å². The van der Waals surface area contributed by atoms with Crippen LogP contribution in [0, 0.1) is 6.92 Å². The van der Waals surface area contributed by atoms with Gasteiger partial charge in [-0.25, -0.2) is 0 Å². The fourth-order valence-corrected chi connectivity index (χ4v) is 1.84. The topological polar surface area (TPSA) is 57.5 Å². The number of carbonyl (C=O) groups is 1.